The summed E-state index contributed by atoms with van der Waals surface area (Å²) in [6.45, 7) is 10.2. The van der Waals surface area contributed by atoms with Gasteiger partial charge in [-0.05, 0) is 34.0 Å². The Hall–Kier alpha value is -0.390. The molecule has 0 radical (unpaired) electrons. The van der Waals surface area contributed by atoms with E-state index in [0.717, 1.165) is 45.2 Å². The van der Waals surface area contributed by atoms with E-state index in [-0.39, 0.29) is 36.4 Å². The lowest BCUT2D eigenvalue weighted by molar-refractivity contribution is -0.127. The maximum Gasteiger partial charge on any atom is 0.243 e. The summed E-state index contributed by atoms with van der Waals surface area (Å²) in [5.74, 6) is 1.41. The Morgan fingerprint density at radius 3 is 2.48 bits per heavy atom. The van der Waals surface area contributed by atoms with Gasteiger partial charge in [0.15, 0.2) is 5.96 Å². The zero-order valence-corrected chi connectivity index (χ0v) is 21.3. The van der Waals surface area contributed by atoms with Crippen LogP contribution in [0.15, 0.2) is 20.9 Å². The molecule has 1 amide bonds. The van der Waals surface area contributed by atoms with E-state index >= 15 is 0 Å². The molecule has 1 aromatic heterocycles. The van der Waals surface area contributed by atoms with E-state index in [1.165, 1.54) is 8.66 Å². The molecule has 0 bridgehead atoms. The number of carbonyl (C=O) groups excluding carboxylic acids is 1. The van der Waals surface area contributed by atoms with Gasteiger partial charge in [0.25, 0.3) is 0 Å². The number of thiophene rings is 1. The first-order valence-electron chi connectivity index (χ1n) is 9.05. The second-order valence-corrected chi connectivity index (χ2v) is 9.72. The quantitative estimate of drug-likeness (QED) is 0.324. The highest BCUT2D eigenvalue weighted by molar-refractivity contribution is 14.0. The fraction of sp³-hybridized carbons (Fsp3) is 0.667. The molecule has 0 spiro atoms. The number of aliphatic imine (C=N–C) groups is 1. The van der Waals surface area contributed by atoms with Crippen LogP contribution in [0.2, 0.25) is 0 Å². The molecule has 2 rings (SSSR count). The molecule has 0 saturated carbocycles. The first kappa shape index (κ1) is 24.6. The van der Waals surface area contributed by atoms with Gasteiger partial charge in [-0.2, -0.15) is 0 Å². The van der Waals surface area contributed by atoms with E-state index in [0.29, 0.717) is 5.92 Å². The van der Waals surface area contributed by atoms with Crippen molar-refractivity contribution in [2.75, 3.05) is 53.4 Å². The van der Waals surface area contributed by atoms with Gasteiger partial charge < -0.3 is 15.1 Å². The molecule has 0 atom stereocenters. The number of nitrogens with one attached hydrogen (secondary N) is 1. The summed E-state index contributed by atoms with van der Waals surface area (Å²) in [5.41, 5.74) is 0. The summed E-state index contributed by atoms with van der Waals surface area (Å²) >= 11 is 5.33. The number of piperazine rings is 1. The zero-order chi connectivity index (χ0) is 19.1. The number of amides is 1. The molecule has 1 fully saturated rings. The molecule has 1 aliphatic heterocycles. The van der Waals surface area contributed by atoms with E-state index in [9.17, 15) is 4.79 Å². The van der Waals surface area contributed by atoms with E-state index in [4.69, 9.17) is 0 Å². The second-order valence-electron chi connectivity index (χ2n) is 7.17. The summed E-state index contributed by atoms with van der Waals surface area (Å²) in [5, 5.41) is 3.43. The maximum absolute atomic E-state index is 11.9. The van der Waals surface area contributed by atoms with Crippen LogP contribution in [0.3, 0.4) is 0 Å². The summed E-state index contributed by atoms with van der Waals surface area (Å²) in [4.78, 5) is 24.2. The van der Waals surface area contributed by atoms with Crippen LogP contribution >= 0.6 is 51.2 Å². The number of rotatable bonds is 6. The van der Waals surface area contributed by atoms with Crippen molar-refractivity contribution in [2.24, 2.45) is 10.9 Å². The van der Waals surface area contributed by atoms with E-state index < -0.39 is 0 Å². The van der Waals surface area contributed by atoms with Crippen LogP contribution in [0.4, 0.5) is 0 Å². The molecular formula is C18H31BrIN5OS. The molecule has 6 nitrogen and oxygen atoms in total. The third-order valence-electron chi connectivity index (χ3n) is 4.21. The van der Waals surface area contributed by atoms with Crippen LogP contribution in [0.25, 0.3) is 0 Å². The van der Waals surface area contributed by atoms with Crippen LogP contribution in [0.1, 0.15) is 18.7 Å². The third-order valence-corrected chi connectivity index (χ3v) is 5.82. The lowest BCUT2D eigenvalue weighted by Crippen LogP contribution is -2.52. The minimum Gasteiger partial charge on any atom is -0.356 e. The maximum atomic E-state index is 11.9. The predicted octanol–water partition coefficient (Wildman–Crippen LogP) is 2.94. The zero-order valence-electron chi connectivity index (χ0n) is 16.6. The third kappa shape index (κ3) is 8.66. The number of halogens is 2. The lowest BCUT2D eigenvalue weighted by atomic mass is 10.2. The molecule has 1 aliphatic rings. The highest BCUT2D eigenvalue weighted by Crippen LogP contribution is 2.23. The molecule has 2 heterocycles. The van der Waals surface area contributed by atoms with Gasteiger partial charge >= 0.3 is 0 Å². The topological polar surface area (TPSA) is 51.2 Å². The number of likely N-dealkylation sites (N-methyl/N-ethyl adjacent to an activating group) is 1. The van der Waals surface area contributed by atoms with Gasteiger partial charge in [-0.3, -0.25) is 9.69 Å². The van der Waals surface area contributed by atoms with Crippen molar-refractivity contribution in [3.8, 4) is 0 Å². The molecule has 0 aliphatic carbocycles. The van der Waals surface area contributed by atoms with Gasteiger partial charge in [0.2, 0.25) is 5.91 Å². The van der Waals surface area contributed by atoms with Gasteiger partial charge in [-0.1, -0.05) is 13.8 Å². The number of carbonyl (C=O) groups is 1. The van der Waals surface area contributed by atoms with Gasteiger partial charge in [-0.15, -0.1) is 35.3 Å². The average Bonchev–Trinajstić information content (AvgIpc) is 3.00. The van der Waals surface area contributed by atoms with E-state index in [1.54, 1.807) is 30.3 Å². The fourth-order valence-corrected chi connectivity index (χ4v) is 4.15. The molecule has 9 heteroatoms. The molecule has 1 saturated heterocycles. The van der Waals surface area contributed by atoms with E-state index in [2.05, 4.69) is 62.0 Å². The van der Waals surface area contributed by atoms with Crippen molar-refractivity contribution in [3.05, 3.63) is 20.8 Å². The molecule has 154 valence electrons. The summed E-state index contributed by atoms with van der Waals surface area (Å²) in [7, 11) is 3.53. The first-order chi connectivity index (χ1) is 12.3. The van der Waals surface area contributed by atoms with Crippen LogP contribution < -0.4 is 5.32 Å². The summed E-state index contributed by atoms with van der Waals surface area (Å²) in [6, 6.07) is 4.30. The minimum atomic E-state index is 0. The van der Waals surface area contributed by atoms with Gasteiger partial charge in [-0.25, -0.2) is 4.99 Å². The summed E-state index contributed by atoms with van der Waals surface area (Å²) in [6.07, 6.45) is 0. The van der Waals surface area contributed by atoms with Crippen LogP contribution in [0.5, 0.6) is 0 Å². The van der Waals surface area contributed by atoms with Crippen LogP contribution in [-0.4, -0.2) is 79.9 Å². The Balaban J connectivity index is 0.00000364. The van der Waals surface area contributed by atoms with Crippen molar-refractivity contribution < 1.29 is 4.79 Å². The molecule has 1 N–H and O–H groups in total. The Bertz CT molecular complexity index is 615. The number of hydrogen-bond acceptors (Lipinski definition) is 4. The van der Waals surface area contributed by atoms with Crippen LogP contribution in [-0.2, 0) is 11.3 Å². The second kappa shape index (κ2) is 12.2. The van der Waals surface area contributed by atoms with Gasteiger partial charge in [0.1, 0.15) is 6.54 Å². The van der Waals surface area contributed by atoms with E-state index in [1.807, 2.05) is 0 Å². The Morgan fingerprint density at radius 2 is 1.96 bits per heavy atom. The Morgan fingerprint density at radius 1 is 1.30 bits per heavy atom. The van der Waals surface area contributed by atoms with Crippen LogP contribution in [0, 0.1) is 5.92 Å². The molecular weight excluding hydrogens is 541 g/mol. The largest absolute Gasteiger partial charge is 0.356 e. The lowest BCUT2D eigenvalue weighted by Gasteiger charge is -2.36. The van der Waals surface area contributed by atoms with Crippen molar-refractivity contribution >= 4 is 63.1 Å². The first-order valence-corrected chi connectivity index (χ1v) is 10.7. The fourth-order valence-electron chi connectivity index (χ4n) is 2.62. The number of nitrogens with zero attached hydrogens (tertiary/aromatic N) is 4. The standard InChI is InChI=1S/C18H30BrN5OS.HI/c1-14(2)11-20-18(21-12-17(25)22(3)4)24-9-7-23(8-10-24)13-15-5-6-16(19)26-15;/h5-6,14H,7-13H2,1-4H3,(H,20,21);1H. The number of guanidine groups is 1. The molecule has 0 unspecified atom stereocenters. The SMILES string of the molecule is CC(C)CNC(=NCC(=O)N(C)C)N1CCN(Cc2ccc(Br)s2)CC1.I. The highest BCUT2D eigenvalue weighted by atomic mass is 127. The summed E-state index contributed by atoms with van der Waals surface area (Å²) < 4.78 is 1.18. The molecule has 0 aromatic carbocycles. The van der Waals surface area contributed by atoms with Crippen molar-refractivity contribution in [1.29, 1.82) is 0 Å². The van der Waals surface area contributed by atoms with Crippen molar-refractivity contribution in [1.82, 2.24) is 20.0 Å². The van der Waals surface area contributed by atoms with Gasteiger partial charge in [0, 0.05) is 58.2 Å². The molecule has 27 heavy (non-hydrogen) atoms. The Labute approximate surface area is 192 Å². The van der Waals surface area contributed by atoms with Crippen molar-refractivity contribution in [2.45, 2.75) is 20.4 Å². The number of hydrogen-bond donors (Lipinski definition) is 1. The van der Waals surface area contributed by atoms with Crippen molar-refractivity contribution in [3.63, 3.8) is 0 Å². The molecule has 1 aromatic rings. The van der Waals surface area contributed by atoms with Gasteiger partial charge in [0.05, 0.1) is 3.79 Å². The average molecular weight is 572 g/mol. The monoisotopic (exact) mass is 571 g/mol. The normalized spacial score (nSPS) is 15.6. The smallest absolute Gasteiger partial charge is 0.243 e. The minimum absolute atomic E-state index is 0. The Kier molecular flexibility index (Phi) is 11.2. The predicted molar refractivity (Wildman–Crippen MR) is 128 cm³/mol. The highest BCUT2D eigenvalue weighted by Gasteiger charge is 2.20.